The maximum absolute atomic E-state index is 7.20. The van der Waals surface area contributed by atoms with Crippen LogP contribution in [0.4, 0.5) is 0 Å². The van der Waals surface area contributed by atoms with E-state index in [4.69, 9.17) is 18.8 Å². The molecule has 0 amide bonds. The summed E-state index contributed by atoms with van der Waals surface area (Å²) in [6, 6.07) is 58.3. The van der Waals surface area contributed by atoms with E-state index in [1.54, 1.807) is 0 Å². The molecule has 3 bridgehead atoms. The number of aromatic nitrogens is 2. The lowest BCUT2D eigenvalue weighted by Crippen LogP contribution is -2.37. The van der Waals surface area contributed by atoms with E-state index in [1.165, 1.54) is 49.5 Å². The molecule has 288 valence electrons. The molecule has 7 aromatic carbocycles. The van der Waals surface area contributed by atoms with Gasteiger partial charge in [0.25, 0.3) is 0 Å². The van der Waals surface area contributed by atoms with Gasteiger partial charge in [-0.2, -0.15) is 0 Å². The minimum Gasteiger partial charge on any atom is -0.456 e. The highest BCUT2D eigenvalue weighted by Crippen LogP contribution is 2.61. The Labute approximate surface area is 347 Å². The maximum Gasteiger partial charge on any atom is 0.160 e. The van der Waals surface area contributed by atoms with E-state index in [0.717, 1.165) is 106 Å². The normalized spacial score (nSPS) is 20.8. The minimum absolute atomic E-state index is 0.317. The number of hydrogen-bond donors (Lipinski definition) is 0. The predicted molar refractivity (Wildman–Crippen MR) is 245 cm³/mol. The van der Waals surface area contributed by atoms with Crippen molar-refractivity contribution < 1.29 is 8.83 Å². The number of benzene rings is 7. The van der Waals surface area contributed by atoms with Crippen LogP contribution < -0.4 is 0 Å². The highest BCUT2D eigenvalue weighted by molar-refractivity contribution is 6.19. The number of para-hydroxylation sites is 3. The van der Waals surface area contributed by atoms with Gasteiger partial charge in [0.1, 0.15) is 22.3 Å². The van der Waals surface area contributed by atoms with Gasteiger partial charge in [-0.05, 0) is 125 Å². The first-order chi connectivity index (χ1) is 29.6. The van der Waals surface area contributed by atoms with Crippen molar-refractivity contribution in [3.8, 4) is 33.9 Å². The van der Waals surface area contributed by atoms with Gasteiger partial charge in [0, 0.05) is 38.2 Å². The Morgan fingerprint density at radius 2 is 1.03 bits per heavy atom. The van der Waals surface area contributed by atoms with Crippen LogP contribution in [0, 0.1) is 17.8 Å². The van der Waals surface area contributed by atoms with Crippen LogP contribution in [0.5, 0.6) is 0 Å². The van der Waals surface area contributed by atoms with Gasteiger partial charge in [0.15, 0.2) is 5.82 Å². The average molecular weight is 775 g/mol. The van der Waals surface area contributed by atoms with Gasteiger partial charge in [-0.25, -0.2) is 9.97 Å². The summed E-state index contributed by atoms with van der Waals surface area (Å²) in [5, 5.41) is 8.85. The zero-order chi connectivity index (χ0) is 39.4. The van der Waals surface area contributed by atoms with Crippen LogP contribution in [0.2, 0.25) is 0 Å². The molecule has 3 aliphatic carbocycles. The topological polar surface area (TPSA) is 52.1 Å². The second kappa shape index (κ2) is 13.1. The summed E-state index contributed by atoms with van der Waals surface area (Å²) in [6.07, 6.45) is 8.30. The summed E-state index contributed by atoms with van der Waals surface area (Å²) < 4.78 is 13.6. The Kier molecular flexibility index (Phi) is 7.46. The monoisotopic (exact) mass is 774 g/mol. The SMILES string of the molecule is c1ccc2c(c1)oc1cc(-c3cc(-c4cccc5c4oc4ccccc4c4ccccc4c4ccccc54)nc(-c4ccc(C56CCC7C[C@H](C[C@H]7C5)C6)cc4)n3)ccc12. The van der Waals surface area contributed by atoms with E-state index in [1.807, 2.05) is 12.1 Å². The summed E-state index contributed by atoms with van der Waals surface area (Å²) in [5.41, 5.74) is 9.63. The van der Waals surface area contributed by atoms with Gasteiger partial charge >= 0.3 is 0 Å². The lowest BCUT2D eigenvalue weighted by Gasteiger charge is -2.45. The molecule has 0 radical (unpaired) electrons. The molecule has 3 aromatic heterocycles. The summed E-state index contributed by atoms with van der Waals surface area (Å²) in [5.74, 6) is 3.46. The van der Waals surface area contributed by atoms with Gasteiger partial charge in [-0.3, -0.25) is 0 Å². The third-order valence-electron chi connectivity index (χ3n) is 14.5. The van der Waals surface area contributed by atoms with Crippen LogP contribution in [0.25, 0.3) is 99.3 Å². The van der Waals surface area contributed by atoms with Crippen molar-refractivity contribution in [1.29, 1.82) is 0 Å². The van der Waals surface area contributed by atoms with Gasteiger partial charge in [-0.1, -0.05) is 127 Å². The van der Waals surface area contributed by atoms with E-state index < -0.39 is 0 Å². The quantitative estimate of drug-likeness (QED) is 0.179. The fourth-order valence-electron chi connectivity index (χ4n) is 11.9. The van der Waals surface area contributed by atoms with Gasteiger partial charge < -0.3 is 8.83 Å². The first kappa shape index (κ1) is 34.1. The third-order valence-corrected chi connectivity index (χ3v) is 14.5. The largest absolute Gasteiger partial charge is 0.456 e. The Morgan fingerprint density at radius 1 is 0.450 bits per heavy atom. The number of nitrogens with zero attached hydrogens (tertiary/aromatic N) is 2. The maximum atomic E-state index is 7.20. The van der Waals surface area contributed by atoms with Crippen LogP contribution in [-0.4, -0.2) is 9.97 Å². The van der Waals surface area contributed by atoms with Crippen LogP contribution in [0.1, 0.15) is 44.1 Å². The molecule has 0 N–H and O–H groups in total. The molecular formula is C56H42N2O2. The van der Waals surface area contributed by atoms with Gasteiger partial charge in [0.2, 0.25) is 0 Å². The van der Waals surface area contributed by atoms with Crippen LogP contribution in [0.3, 0.4) is 0 Å². The van der Waals surface area contributed by atoms with E-state index in [2.05, 4.69) is 152 Å². The summed E-state index contributed by atoms with van der Waals surface area (Å²) in [4.78, 5) is 10.8. The predicted octanol–water partition coefficient (Wildman–Crippen LogP) is 15.2. The second-order valence-corrected chi connectivity index (χ2v) is 17.8. The number of furan rings is 1. The molecule has 4 atom stereocenters. The Morgan fingerprint density at radius 3 is 1.80 bits per heavy atom. The highest BCUT2D eigenvalue weighted by atomic mass is 16.3. The zero-order valence-corrected chi connectivity index (χ0v) is 33.3. The molecular weight excluding hydrogens is 733 g/mol. The molecule has 13 rings (SSSR count). The molecule has 0 spiro atoms. The van der Waals surface area contributed by atoms with E-state index in [9.17, 15) is 0 Å². The summed E-state index contributed by atoms with van der Waals surface area (Å²) >= 11 is 0. The second-order valence-electron chi connectivity index (χ2n) is 17.8. The number of fused-ring (bicyclic) bond motifs is 12. The lowest BCUT2D eigenvalue weighted by atomic mass is 9.59. The zero-order valence-electron chi connectivity index (χ0n) is 33.3. The molecule has 0 saturated heterocycles. The van der Waals surface area contributed by atoms with Gasteiger partial charge in [-0.15, -0.1) is 0 Å². The smallest absolute Gasteiger partial charge is 0.160 e. The molecule has 60 heavy (non-hydrogen) atoms. The molecule has 2 unspecified atom stereocenters. The van der Waals surface area contributed by atoms with Crippen LogP contribution >= 0.6 is 0 Å². The van der Waals surface area contributed by atoms with Crippen LogP contribution in [-0.2, 0) is 5.41 Å². The van der Waals surface area contributed by atoms with Crippen molar-refractivity contribution in [3.05, 3.63) is 169 Å². The fourth-order valence-corrected chi connectivity index (χ4v) is 11.9. The average Bonchev–Trinajstić information content (AvgIpc) is 3.79. The third kappa shape index (κ3) is 5.29. The van der Waals surface area contributed by atoms with E-state index >= 15 is 0 Å². The standard InChI is InChI=1S/C56H42N2O2/c1-3-12-42-40(10-1)41-11-2-4-13-43(41)47-16-9-17-48(54(47)60-52-19-8-5-14-44(42)52)50-31-49(37-22-25-46-45-15-6-7-18-51(45)59-53(46)30-37)57-55(58-50)35-20-23-39(24-21-35)56-27-26-36-28-34(32-56)29-38(36)33-56/h1-25,30-31,34,36,38H,26-29,32-33H2/t34-,36?,38+,56?/m1/s1. The minimum atomic E-state index is 0.317. The molecule has 10 aromatic rings. The Hall–Kier alpha value is -6.78. The first-order valence-electron chi connectivity index (χ1n) is 21.7. The molecule has 3 saturated carbocycles. The Balaban J connectivity index is 1.05. The van der Waals surface area contributed by atoms with Crippen molar-refractivity contribution in [3.63, 3.8) is 0 Å². The molecule has 4 heteroatoms. The van der Waals surface area contributed by atoms with E-state index in [-0.39, 0.29) is 0 Å². The summed E-state index contributed by atoms with van der Waals surface area (Å²) in [7, 11) is 0. The van der Waals surface area contributed by atoms with E-state index in [0.29, 0.717) is 11.2 Å². The number of hydrogen-bond acceptors (Lipinski definition) is 4. The van der Waals surface area contributed by atoms with Crippen molar-refractivity contribution in [2.75, 3.05) is 0 Å². The molecule has 4 nitrogen and oxygen atoms in total. The fraction of sp³-hybridized carbons (Fsp3) is 0.179. The highest BCUT2D eigenvalue weighted by Gasteiger charge is 2.52. The van der Waals surface area contributed by atoms with Crippen molar-refractivity contribution in [1.82, 2.24) is 9.97 Å². The Bertz CT molecular complexity index is 3430. The molecule has 0 aliphatic heterocycles. The molecule has 3 fully saturated rings. The number of rotatable bonds is 4. The van der Waals surface area contributed by atoms with Crippen molar-refractivity contribution >= 4 is 65.4 Å². The first-order valence-corrected chi connectivity index (χ1v) is 21.7. The summed E-state index contributed by atoms with van der Waals surface area (Å²) in [6.45, 7) is 0. The van der Waals surface area contributed by atoms with Crippen molar-refractivity contribution in [2.24, 2.45) is 17.8 Å². The van der Waals surface area contributed by atoms with Crippen molar-refractivity contribution in [2.45, 2.75) is 43.9 Å². The molecule has 3 aliphatic rings. The lowest BCUT2D eigenvalue weighted by molar-refractivity contribution is 0.139. The molecule has 3 heterocycles. The van der Waals surface area contributed by atoms with Gasteiger partial charge in [0.05, 0.1) is 11.4 Å². The van der Waals surface area contributed by atoms with Crippen LogP contribution in [0.15, 0.2) is 173 Å².